The second-order valence-corrected chi connectivity index (χ2v) is 10.2. The van der Waals surface area contributed by atoms with Gasteiger partial charge in [0.25, 0.3) is 5.91 Å². The fourth-order valence-electron chi connectivity index (χ4n) is 4.30. The van der Waals surface area contributed by atoms with Crippen LogP contribution in [0.25, 0.3) is 11.1 Å². The van der Waals surface area contributed by atoms with Crippen molar-refractivity contribution in [2.75, 3.05) is 32.3 Å². The van der Waals surface area contributed by atoms with E-state index in [0.717, 1.165) is 17.7 Å². The number of alkyl halides is 4. The normalized spacial score (nSPS) is 15.1. The van der Waals surface area contributed by atoms with Crippen LogP contribution in [0, 0.1) is 6.92 Å². The number of hydrogen-bond donors (Lipinski definition) is 2. The fraction of sp³-hybridized carbons (Fsp3) is 0.357. The summed E-state index contributed by atoms with van der Waals surface area (Å²) >= 11 is 0. The van der Waals surface area contributed by atoms with Crippen molar-refractivity contribution in [1.82, 2.24) is 4.98 Å². The quantitative estimate of drug-likeness (QED) is 0.378. The van der Waals surface area contributed by atoms with Crippen molar-refractivity contribution in [1.29, 1.82) is 0 Å². The second-order valence-electron chi connectivity index (χ2n) is 10.2. The average molecular weight is 532 g/mol. The molecule has 2 heterocycles. The van der Waals surface area contributed by atoms with Gasteiger partial charge in [-0.1, -0.05) is 6.07 Å². The zero-order chi connectivity index (χ0) is 27.9. The van der Waals surface area contributed by atoms with Gasteiger partial charge in [-0.05, 0) is 73.9 Å². The van der Waals surface area contributed by atoms with Gasteiger partial charge < -0.3 is 20.5 Å². The van der Waals surface area contributed by atoms with Crippen molar-refractivity contribution >= 4 is 11.6 Å². The van der Waals surface area contributed by atoms with Crippen LogP contribution in [-0.4, -0.2) is 37.9 Å². The second kappa shape index (κ2) is 9.99. The van der Waals surface area contributed by atoms with E-state index in [-0.39, 0.29) is 24.3 Å². The molecule has 1 fully saturated rings. The van der Waals surface area contributed by atoms with Gasteiger partial charge >= 0.3 is 6.18 Å². The van der Waals surface area contributed by atoms with Gasteiger partial charge in [0.1, 0.15) is 6.67 Å². The van der Waals surface area contributed by atoms with Crippen LogP contribution in [0.15, 0.2) is 48.7 Å². The summed E-state index contributed by atoms with van der Waals surface area (Å²) in [5, 5.41) is 2.68. The molecular weight excluding hydrogens is 502 g/mol. The van der Waals surface area contributed by atoms with Crippen LogP contribution in [0.2, 0.25) is 0 Å². The van der Waals surface area contributed by atoms with Crippen LogP contribution in [0.3, 0.4) is 0 Å². The highest BCUT2D eigenvalue weighted by Gasteiger charge is 2.43. The van der Waals surface area contributed by atoms with Crippen molar-refractivity contribution in [2.24, 2.45) is 5.73 Å². The average Bonchev–Trinajstić information content (AvgIpc) is 2.83. The highest BCUT2D eigenvalue weighted by atomic mass is 19.4. The number of anilines is 1. The van der Waals surface area contributed by atoms with Gasteiger partial charge in [-0.25, -0.2) is 9.37 Å². The van der Waals surface area contributed by atoms with Crippen molar-refractivity contribution in [2.45, 2.75) is 37.9 Å². The molecule has 0 spiro atoms. The molecule has 0 unspecified atom stereocenters. The summed E-state index contributed by atoms with van der Waals surface area (Å²) in [5.74, 6) is -0.409. The highest BCUT2D eigenvalue weighted by molar-refractivity contribution is 6.05. The molecular formula is C28H29F4N3O3. The smallest absolute Gasteiger partial charge is 0.416 e. The molecule has 1 aliphatic heterocycles. The van der Waals surface area contributed by atoms with Crippen LogP contribution in [0.1, 0.15) is 46.5 Å². The van der Waals surface area contributed by atoms with Crippen molar-refractivity contribution in [3.8, 4) is 17.0 Å². The van der Waals surface area contributed by atoms with E-state index in [4.69, 9.17) is 15.2 Å². The Hall–Kier alpha value is -3.50. The third-order valence-electron chi connectivity index (χ3n) is 6.70. The number of benzene rings is 2. The first-order chi connectivity index (χ1) is 17.8. The third kappa shape index (κ3) is 5.37. The van der Waals surface area contributed by atoms with E-state index in [1.807, 2.05) is 6.92 Å². The predicted octanol–water partition coefficient (Wildman–Crippen LogP) is 5.77. The highest BCUT2D eigenvalue weighted by Crippen LogP contribution is 2.40. The van der Waals surface area contributed by atoms with Crippen LogP contribution in [0.5, 0.6) is 5.88 Å². The van der Waals surface area contributed by atoms with Gasteiger partial charge in [0, 0.05) is 34.1 Å². The van der Waals surface area contributed by atoms with E-state index in [1.165, 1.54) is 13.2 Å². The maximum Gasteiger partial charge on any atom is 0.416 e. The van der Waals surface area contributed by atoms with Crippen LogP contribution in [0.4, 0.5) is 23.2 Å². The van der Waals surface area contributed by atoms with E-state index in [2.05, 4.69) is 10.3 Å². The number of nitrogens with two attached hydrogens (primary N) is 1. The summed E-state index contributed by atoms with van der Waals surface area (Å²) in [6.45, 7) is 4.77. The molecule has 0 bridgehead atoms. The van der Waals surface area contributed by atoms with Crippen molar-refractivity contribution in [3.05, 3.63) is 76.5 Å². The van der Waals surface area contributed by atoms with E-state index in [0.29, 0.717) is 28.3 Å². The zero-order valence-electron chi connectivity index (χ0n) is 21.5. The van der Waals surface area contributed by atoms with Gasteiger partial charge in [-0.2, -0.15) is 13.2 Å². The Kier molecular flexibility index (Phi) is 7.24. The van der Waals surface area contributed by atoms with Crippen molar-refractivity contribution < 1.29 is 31.8 Å². The van der Waals surface area contributed by atoms with Crippen LogP contribution >= 0.6 is 0 Å². The minimum atomic E-state index is -4.64. The molecule has 1 amide bonds. The number of carbonyl (C=O) groups is 1. The van der Waals surface area contributed by atoms with Crippen molar-refractivity contribution in [3.63, 3.8) is 0 Å². The molecule has 1 aliphatic rings. The van der Waals surface area contributed by atoms with Gasteiger partial charge in [-0.15, -0.1) is 0 Å². The Labute approximate surface area is 218 Å². The summed E-state index contributed by atoms with van der Waals surface area (Å²) in [5.41, 5.74) is 6.34. The largest absolute Gasteiger partial charge is 0.481 e. The number of aryl methyl sites for hydroxylation is 1. The molecule has 3 aromatic rings. The molecule has 6 nitrogen and oxygen atoms in total. The van der Waals surface area contributed by atoms with E-state index in [1.54, 1.807) is 44.3 Å². The number of carbonyl (C=O) groups excluding carboxylic acids is 1. The summed E-state index contributed by atoms with van der Waals surface area (Å²) in [4.78, 5) is 17.4. The maximum absolute atomic E-state index is 14.0. The maximum atomic E-state index is 14.0. The van der Waals surface area contributed by atoms with E-state index in [9.17, 15) is 22.4 Å². The van der Waals surface area contributed by atoms with Gasteiger partial charge in [0.2, 0.25) is 5.88 Å². The number of amides is 1. The summed E-state index contributed by atoms with van der Waals surface area (Å²) in [6.07, 6.45) is -3.06. The first-order valence-electron chi connectivity index (χ1n) is 11.9. The molecule has 0 saturated carbocycles. The number of ether oxygens (including phenoxy) is 2. The third-order valence-corrected chi connectivity index (χ3v) is 6.70. The van der Waals surface area contributed by atoms with Gasteiger partial charge in [0.05, 0.1) is 31.3 Å². The monoisotopic (exact) mass is 531 g/mol. The predicted molar refractivity (Wildman–Crippen MR) is 136 cm³/mol. The first-order valence-corrected chi connectivity index (χ1v) is 11.9. The number of hydrogen-bond acceptors (Lipinski definition) is 5. The molecule has 0 aliphatic carbocycles. The number of nitrogens with zero attached hydrogens (tertiary/aromatic N) is 1. The lowest BCUT2D eigenvalue weighted by molar-refractivity contribution is -0.137. The fourth-order valence-corrected chi connectivity index (χ4v) is 4.30. The standard InChI is InChI=1S/C28H29F4N3O3/c1-16-5-6-21(35-24(36)17-7-19(26(2,3)33)10-20(8-17)28(30,31)32)11-22(16)18-9-23(25(37-4)34-12-18)27(13-29)14-38-15-27/h5-12H,13-15,33H2,1-4H3,(H,35,36). The molecule has 38 heavy (non-hydrogen) atoms. The Balaban J connectivity index is 1.69. The molecule has 10 heteroatoms. The number of rotatable bonds is 7. The Morgan fingerprint density at radius 3 is 2.37 bits per heavy atom. The SMILES string of the molecule is COc1ncc(-c2cc(NC(=O)c3cc(C(C)(C)N)cc(C(F)(F)F)c3)ccc2C)cc1C1(CF)COC1. The van der Waals surface area contributed by atoms with Crippen LogP contribution < -0.4 is 15.8 Å². The summed E-state index contributed by atoms with van der Waals surface area (Å²) in [7, 11) is 1.46. The van der Waals surface area contributed by atoms with Gasteiger partial charge in [-0.3, -0.25) is 4.79 Å². The number of aromatic nitrogens is 1. The molecule has 2 aromatic carbocycles. The molecule has 3 N–H and O–H groups in total. The number of nitrogens with one attached hydrogen (secondary N) is 1. The molecule has 202 valence electrons. The van der Waals surface area contributed by atoms with Gasteiger partial charge in [0.15, 0.2) is 0 Å². The molecule has 0 radical (unpaired) electrons. The van der Waals surface area contributed by atoms with E-state index >= 15 is 0 Å². The lowest BCUT2D eigenvalue weighted by Gasteiger charge is -2.39. The van der Waals surface area contributed by atoms with Crippen LogP contribution in [-0.2, 0) is 21.9 Å². The lowest BCUT2D eigenvalue weighted by Crippen LogP contribution is -2.49. The van der Waals surface area contributed by atoms with E-state index < -0.39 is 35.3 Å². The summed E-state index contributed by atoms with van der Waals surface area (Å²) in [6, 6.07) is 10.0. The zero-order valence-corrected chi connectivity index (χ0v) is 21.5. The summed E-state index contributed by atoms with van der Waals surface area (Å²) < 4.78 is 65.2. The first kappa shape index (κ1) is 27.5. The topological polar surface area (TPSA) is 86.5 Å². The Morgan fingerprint density at radius 2 is 1.82 bits per heavy atom. The number of pyridine rings is 1. The molecule has 1 aromatic heterocycles. The number of halogens is 4. The minimum Gasteiger partial charge on any atom is -0.481 e. The molecule has 0 atom stereocenters. The molecule has 4 rings (SSSR count). The minimum absolute atomic E-state index is 0.168. The molecule has 1 saturated heterocycles. The Bertz CT molecular complexity index is 1320. The lowest BCUT2D eigenvalue weighted by atomic mass is 9.79. The number of methoxy groups -OCH3 is 1. The Morgan fingerprint density at radius 1 is 1.13 bits per heavy atom.